The average molecular weight is 284 g/mol. The van der Waals surface area contributed by atoms with Crippen LogP contribution < -0.4 is 0 Å². The molecule has 0 aliphatic rings. The lowest BCUT2D eigenvalue weighted by Gasteiger charge is -2.02. The number of benzene rings is 1. The molecule has 0 amide bonds. The number of carboxylic acid groups (broad SMARTS) is 1. The Morgan fingerprint density at radius 1 is 1.29 bits per heavy atom. The quantitative estimate of drug-likeness (QED) is 0.761. The van der Waals surface area contributed by atoms with Crippen molar-refractivity contribution in [2.45, 2.75) is 6.54 Å². The molecule has 2 aromatic heterocycles. The number of rotatable bonds is 4. The Kier molecular flexibility index (Phi) is 3.19. The van der Waals surface area contributed by atoms with Gasteiger partial charge in [0.2, 0.25) is 5.82 Å². The first-order chi connectivity index (χ1) is 10.1. The zero-order valence-electron chi connectivity index (χ0n) is 11.2. The minimum Gasteiger partial charge on any atom is -0.478 e. The third-order valence-corrected chi connectivity index (χ3v) is 3.07. The lowest BCUT2D eigenvalue weighted by Crippen LogP contribution is -2.12. The Morgan fingerprint density at radius 3 is 2.76 bits per heavy atom. The van der Waals surface area contributed by atoms with Crippen LogP contribution in [0.4, 0.5) is 0 Å². The summed E-state index contributed by atoms with van der Waals surface area (Å²) in [5.41, 5.74) is 1.50. The summed E-state index contributed by atoms with van der Waals surface area (Å²) in [6.45, 7) is 0.192. The molecule has 8 heteroatoms. The van der Waals surface area contributed by atoms with E-state index in [9.17, 15) is 4.79 Å². The van der Waals surface area contributed by atoms with Crippen LogP contribution in [0.3, 0.4) is 0 Å². The number of carbonyl (C=O) groups is 1. The summed E-state index contributed by atoms with van der Waals surface area (Å²) >= 11 is 0. The molecule has 1 N–H and O–H groups in total. The number of aromatic carboxylic acids is 1. The SMILES string of the molecule is Cn1ncc(C(=O)O)c1Cn1nnc(-c2ccccc2)n1. The first-order valence-electron chi connectivity index (χ1n) is 6.22. The van der Waals surface area contributed by atoms with Crippen LogP contribution >= 0.6 is 0 Å². The van der Waals surface area contributed by atoms with Crippen LogP contribution in [0.15, 0.2) is 36.5 Å². The van der Waals surface area contributed by atoms with Crippen molar-refractivity contribution in [2.24, 2.45) is 7.05 Å². The van der Waals surface area contributed by atoms with Crippen molar-refractivity contribution in [3.63, 3.8) is 0 Å². The molecule has 0 spiro atoms. The molecule has 0 bridgehead atoms. The molecule has 3 rings (SSSR count). The van der Waals surface area contributed by atoms with E-state index in [0.29, 0.717) is 11.5 Å². The Hall–Kier alpha value is -3.03. The number of tetrazole rings is 1. The van der Waals surface area contributed by atoms with Crippen LogP contribution in [0, 0.1) is 0 Å². The zero-order chi connectivity index (χ0) is 14.8. The molecule has 3 aromatic rings. The van der Waals surface area contributed by atoms with Gasteiger partial charge in [0, 0.05) is 12.6 Å². The normalized spacial score (nSPS) is 10.7. The first-order valence-corrected chi connectivity index (χ1v) is 6.22. The van der Waals surface area contributed by atoms with Gasteiger partial charge in [0.05, 0.1) is 11.9 Å². The molecule has 0 aliphatic heterocycles. The van der Waals surface area contributed by atoms with Crippen molar-refractivity contribution in [3.05, 3.63) is 47.8 Å². The van der Waals surface area contributed by atoms with Gasteiger partial charge in [-0.3, -0.25) is 4.68 Å². The summed E-state index contributed by atoms with van der Waals surface area (Å²) in [6, 6.07) is 9.45. The zero-order valence-corrected chi connectivity index (χ0v) is 11.2. The maximum Gasteiger partial charge on any atom is 0.339 e. The predicted molar refractivity (Wildman–Crippen MR) is 72.5 cm³/mol. The molecule has 0 saturated carbocycles. The first kappa shape index (κ1) is 13.0. The minimum absolute atomic E-state index is 0.135. The van der Waals surface area contributed by atoms with E-state index in [1.807, 2.05) is 30.3 Å². The molecule has 2 heterocycles. The van der Waals surface area contributed by atoms with Crippen LogP contribution in [-0.2, 0) is 13.6 Å². The molecular formula is C13H12N6O2. The molecule has 8 nitrogen and oxygen atoms in total. The van der Waals surface area contributed by atoms with E-state index in [1.165, 1.54) is 15.7 Å². The van der Waals surface area contributed by atoms with E-state index in [4.69, 9.17) is 5.11 Å². The van der Waals surface area contributed by atoms with Crippen molar-refractivity contribution < 1.29 is 9.90 Å². The number of aromatic nitrogens is 6. The monoisotopic (exact) mass is 284 g/mol. The second kappa shape index (κ2) is 5.16. The van der Waals surface area contributed by atoms with E-state index in [0.717, 1.165) is 5.56 Å². The van der Waals surface area contributed by atoms with E-state index in [2.05, 4.69) is 20.5 Å². The lowest BCUT2D eigenvalue weighted by molar-refractivity contribution is 0.0695. The van der Waals surface area contributed by atoms with Crippen LogP contribution in [0.5, 0.6) is 0 Å². The molecule has 21 heavy (non-hydrogen) atoms. The largest absolute Gasteiger partial charge is 0.478 e. The average Bonchev–Trinajstić information content (AvgIpc) is 3.08. The van der Waals surface area contributed by atoms with Crippen LogP contribution in [-0.4, -0.2) is 41.1 Å². The number of nitrogens with zero attached hydrogens (tertiary/aromatic N) is 6. The van der Waals surface area contributed by atoms with E-state index in [-0.39, 0.29) is 12.1 Å². The van der Waals surface area contributed by atoms with Crippen molar-refractivity contribution in [1.82, 2.24) is 30.0 Å². The molecule has 0 fully saturated rings. The summed E-state index contributed by atoms with van der Waals surface area (Å²) in [5.74, 6) is -0.531. The second-order valence-electron chi connectivity index (χ2n) is 4.44. The van der Waals surface area contributed by atoms with Gasteiger partial charge in [-0.2, -0.15) is 9.90 Å². The third kappa shape index (κ3) is 2.50. The smallest absolute Gasteiger partial charge is 0.339 e. The van der Waals surface area contributed by atoms with Gasteiger partial charge in [-0.1, -0.05) is 30.3 Å². The van der Waals surface area contributed by atoms with Crippen molar-refractivity contribution in [2.75, 3.05) is 0 Å². The topological polar surface area (TPSA) is 98.7 Å². The molecule has 0 atom stereocenters. The molecule has 0 saturated heterocycles. The molecule has 0 aliphatic carbocycles. The van der Waals surface area contributed by atoms with E-state index < -0.39 is 5.97 Å². The highest BCUT2D eigenvalue weighted by Crippen LogP contribution is 2.13. The minimum atomic E-state index is -1.03. The molecule has 0 unspecified atom stereocenters. The van der Waals surface area contributed by atoms with Gasteiger partial charge in [-0.05, 0) is 5.21 Å². The van der Waals surface area contributed by atoms with Gasteiger partial charge < -0.3 is 5.11 Å². The van der Waals surface area contributed by atoms with Crippen molar-refractivity contribution >= 4 is 5.97 Å². The van der Waals surface area contributed by atoms with Crippen LogP contribution in [0.25, 0.3) is 11.4 Å². The number of hydrogen-bond donors (Lipinski definition) is 1. The van der Waals surface area contributed by atoms with E-state index in [1.54, 1.807) is 7.05 Å². The van der Waals surface area contributed by atoms with Gasteiger partial charge in [-0.25, -0.2) is 4.79 Å². The van der Waals surface area contributed by atoms with Crippen LogP contribution in [0.1, 0.15) is 16.1 Å². The number of carboxylic acids is 1. The number of hydrogen-bond acceptors (Lipinski definition) is 5. The Labute approximate surface area is 119 Å². The fourth-order valence-corrected chi connectivity index (χ4v) is 1.98. The Bertz CT molecular complexity index is 777. The highest BCUT2D eigenvalue weighted by atomic mass is 16.4. The standard InChI is InChI=1S/C13H12N6O2/c1-18-11(10(7-14-18)13(20)21)8-19-16-12(15-17-19)9-5-3-2-4-6-9/h2-7H,8H2,1H3,(H,20,21). The summed E-state index contributed by atoms with van der Waals surface area (Å²) in [4.78, 5) is 12.5. The fourth-order valence-electron chi connectivity index (χ4n) is 1.98. The van der Waals surface area contributed by atoms with E-state index >= 15 is 0 Å². The summed E-state index contributed by atoms with van der Waals surface area (Å²) in [7, 11) is 1.68. The van der Waals surface area contributed by atoms with Crippen LogP contribution in [0.2, 0.25) is 0 Å². The Morgan fingerprint density at radius 2 is 2.05 bits per heavy atom. The number of aryl methyl sites for hydroxylation is 1. The maximum absolute atomic E-state index is 11.1. The highest BCUT2D eigenvalue weighted by molar-refractivity contribution is 5.88. The third-order valence-electron chi connectivity index (χ3n) is 3.07. The highest BCUT2D eigenvalue weighted by Gasteiger charge is 2.16. The second-order valence-corrected chi connectivity index (χ2v) is 4.44. The van der Waals surface area contributed by atoms with Gasteiger partial charge in [0.15, 0.2) is 0 Å². The summed E-state index contributed by atoms with van der Waals surface area (Å²) < 4.78 is 1.50. The van der Waals surface area contributed by atoms with Crippen molar-refractivity contribution in [1.29, 1.82) is 0 Å². The predicted octanol–water partition coefficient (Wildman–Crippen LogP) is 0.820. The molecular weight excluding hydrogens is 272 g/mol. The van der Waals surface area contributed by atoms with Crippen molar-refractivity contribution in [3.8, 4) is 11.4 Å². The molecule has 0 radical (unpaired) electrons. The maximum atomic E-state index is 11.1. The fraction of sp³-hybridized carbons (Fsp3) is 0.154. The molecule has 1 aromatic carbocycles. The van der Waals surface area contributed by atoms with Gasteiger partial charge in [0.1, 0.15) is 12.1 Å². The van der Waals surface area contributed by atoms with Gasteiger partial charge in [-0.15, -0.1) is 10.2 Å². The van der Waals surface area contributed by atoms with Gasteiger partial charge in [0.25, 0.3) is 0 Å². The van der Waals surface area contributed by atoms with Gasteiger partial charge >= 0.3 is 5.97 Å². The molecule has 106 valence electrons. The Balaban J connectivity index is 1.89. The summed E-state index contributed by atoms with van der Waals surface area (Å²) in [6.07, 6.45) is 1.31. The summed E-state index contributed by atoms with van der Waals surface area (Å²) in [5, 5.41) is 25.3. The lowest BCUT2D eigenvalue weighted by atomic mass is 10.2.